The summed E-state index contributed by atoms with van der Waals surface area (Å²) in [5, 5.41) is 9.45. The van der Waals surface area contributed by atoms with E-state index in [1.807, 2.05) is 22.8 Å². The van der Waals surface area contributed by atoms with Gasteiger partial charge < -0.3 is 9.67 Å². The van der Waals surface area contributed by atoms with Crippen LogP contribution in [0.3, 0.4) is 0 Å². The first kappa shape index (κ1) is 12.3. The van der Waals surface area contributed by atoms with Crippen LogP contribution in [0.4, 0.5) is 0 Å². The molecule has 0 aliphatic carbocycles. The van der Waals surface area contributed by atoms with Crippen LogP contribution in [0.2, 0.25) is 0 Å². The van der Waals surface area contributed by atoms with E-state index in [0.29, 0.717) is 12.4 Å². The molecule has 96 valence electrons. The zero-order valence-corrected chi connectivity index (χ0v) is 11.6. The summed E-state index contributed by atoms with van der Waals surface area (Å²) in [4.78, 5) is 12.8. The van der Waals surface area contributed by atoms with Gasteiger partial charge >= 0.3 is 0 Å². The minimum atomic E-state index is -0.117. The number of pyridine rings is 2. The monoisotopic (exact) mass is 318 g/mol. The molecule has 0 fully saturated rings. The Hall–Kier alpha value is -1.79. The summed E-state index contributed by atoms with van der Waals surface area (Å²) in [5.41, 5.74) is 2.60. The smallest absolute Gasteiger partial charge is 0.136 e. The van der Waals surface area contributed by atoms with Crippen molar-refractivity contribution in [3.05, 3.63) is 52.8 Å². The summed E-state index contributed by atoms with van der Waals surface area (Å²) in [6.45, 7) is 0.448. The van der Waals surface area contributed by atoms with Gasteiger partial charge in [-0.2, -0.15) is 0 Å². The fourth-order valence-corrected chi connectivity index (χ4v) is 2.58. The molecule has 3 aromatic rings. The fourth-order valence-electron chi connectivity index (χ4n) is 2.04. The molecule has 0 aromatic carbocycles. The first-order valence-corrected chi connectivity index (χ1v) is 6.58. The second-order valence-electron chi connectivity index (χ2n) is 4.08. The molecular weight excluding hydrogens is 308 g/mol. The van der Waals surface area contributed by atoms with Gasteiger partial charge in [0.1, 0.15) is 17.9 Å². The van der Waals surface area contributed by atoms with Gasteiger partial charge in [0, 0.05) is 12.4 Å². The summed E-state index contributed by atoms with van der Waals surface area (Å²) in [6.07, 6.45) is 5.16. The zero-order chi connectivity index (χ0) is 13.2. The van der Waals surface area contributed by atoms with Gasteiger partial charge in [-0.25, -0.2) is 4.98 Å². The number of aromatic nitrogens is 4. The van der Waals surface area contributed by atoms with E-state index in [1.165, 1.54) is 0 Å². The molecule has 0 radical (unpaired) electrons. The Bertz CT molecular complexity index is 711. The van der Waals surface area contributed by atoms with Gasteiger partial charge in [0.25, 0.3) is 0 Å². The van der Waals surface area contributed by atoms with Crippen molar-refractivity contribution in [2.24, 2.45) is 0 Å². The molecule has 0 saturated carbocycles. The highest BCUT2D eigenvalue weighted by molar-refractivity contribution is 9.10. The number of rotatable bonds is 3. The topological polar surface area (TPSA) is 63.8 Å². The molecule has 0 aliphatic heterocycles. The van der Waals surface area contributed by atoms with E-state index >= 15 is 0 Å². The molecule has 0 saturated heterocycles. The van der Waals surface area contributed by atoms with E-state index in [-0.39, 0.29) is 6.61 Å². The first-order valence-electron chi connectivity index (χ1n) is 5.79. The Labute approximate surface area is 118 Å². The quantitative estimate of drug-likeness (QED) is 0.803. The lowest BCUT2D eigenvalue weighted by Gasteiger charge is -2.08. The summed E-state index contributed by atoms with van der Waals surface area (Å²) >= 11 is 3.48. The second kappa shape index (κ2) is 5.07. The Morgan fingerprint density at radius 3 is 2.89 bits per heavy atom. The van der Waals surface area contributed by atoms with Crippen LogP contribution in [0.15, 0.2) is 41.3 Å². The largest absolute Gasteiger partial charge is 0.388 e. The molecule has 0 unspecified atom stereocenters. The summed E-state index contributed by atoms with van der Waals surface area (Å²) in [5.74, 6) is 0.606. The first-order chi connectivity index (χ1) is 9.29. The molecule has 5 nitrogen and oxygen atoms in total. The molecule has 3 heterocycles. The van der Waals surface area contributed by atoms with Crippen molar-refractivity contribution in [3.8, 4) is 0 Å². The van der Waals surface area contributed by atoms with Crippen molar-refractivity contribution in [2.75, 3.05) is 0 Å². The van der Waals surface area contributed by atoms with Gasteiger partial charge in [-0.05, 0) is 28.1 Å². The maximum atomic E-state index is 9.45. The molecular formula is C13H11BrN4O. The van der Waals surface area contributed by atoms with Crippen molar-refractivity contribution in [1.29, 1.82) is 0 Å². The van der Waals surface area contributed by atoms with E-state index < -0.39 is 0 Å². The number of aliphatic hydroxyl groups excluding tert-OH is 1. The van der Waals surface area contributed by atoms with Crippen molar-refractivity contribution in [1.82, 2.24) is 19.5 Å². The van der Waals surface area contributed by atoms with E-state index in [4.69, 9.17) is 0 Å². The maximum absolute atomic E-state index is 9.45. The molecule has 3 rings (SSSR count). The van der Waals surface area contributed by atoms with Crippen LogP contribution in [0.25, 0.3) is 11.0 Å². The Balaban J connectivity index is 2.16. The maximum Gasteiger partial charge on any atom is 0.136 e. The van der Waals surface area contributed by atoms with E-state index in [0.717, 1.165) is 21.2 Å². The lowest BCUT2D eigenvalue weighted by Crippen LogP contribution is -2.06. The van der Waals surface area contributed by atoms with Crippen LogP contribution < -0.4 is 0 Å². The number of halogens is 1. The molecule has 0 atom stereocenters. The van der Waals surface area contributed by atoms with Crippen LogP contribution >= 0.6 is 15.9 Å². The van der Waals surface area contributed by atoms with Crippen LogP contribution in [0.5, 0.6) is 0 Å². The SMILES string of the molecule is OCc1nc2cncc(Br)c2n1Cc1ccccn1. The van der Waals surface area contributed by atoms with Gasteiger partial charge in [0.15, 0.2) is 0 Å². The van der Waals surface area contributed by atoms with Gasteiger partial charge in [0.2, 0.25) is 0 Å². The molecule has 0 aliphatic rings. The van der Waals surface area contributed by atoms with Gasteiger partial charge in [0.05, 0.1) is 28.4 Å². The van der Waals surface area contributed by atoms with Crippen LogP contribution in [-0.2, 0) is 13.2 Å². The highest BCUT2D eigenvalue weighted by Crippen LogP contribution is 2.24. The number of imidazole rings is 1. The third kappa shape index (κ3) is 2.24. The van der Waals surface area contributed by atoms with Crippen molar-refractivity contribution >= 4 is 27.0 Å². The number of hydrogen-bond acceptors (Lipinski definition) is 4. The van der Waals surface area contributed by atoms with E-state index in [2.05, 4.69) is 30.9 Å². The number of aliphatic hydroxyl groups is 1. The Morgan fingerprint density at radius 2 is 2.16 bits per heavy atom. The highest BCUT2D eigenvalue weighted by atomic mass is 79.9. The fraction of sp³-hybridized carbons (Fsp3) is 0.154. The standard InChI is InChI=1S/C13H11BrN4O/c14-10-5-15-6-11-13(10)18(12(8-19)17-11)7-9-3-1-2-4-16-9/h1-6,19H,7-8H2. The van der Waals surface area contributed by atoms with E-state index in [9.17, 15) is 5.11 Å². The summed E-state index contributed by atoms with van der Waals surface area (Å²) < 4.78 is 2.80. The predicted molar refractivity (Wildman–Crippen MR) is 74.5 cm³/mol. The molecule has 1 N–H and O–H groups in total. The number of hydrogen-bond donors (Lipinski definition) is 1. The predicted octanol–water partition coefficient (Wildman–Crippen LogP) is 2.13. The van der Waals surface area contributed by atoms with Crippen molar-refractivity contribution < 1.29 is 5.11 Å². The van der Waals surface area contributed by atoms with Crippen LogP contribution in [0, 0.1) is 0 Å². The van der Waals surface area contributed by atoms with Crippen LogP contribution in [0.1, 0.15) is 11.5 Å². The molecule has 0 spiro atoms. The van der Waals surface area contributed by atoms with Gasteiger partial charge in [-0.1, -0.05) is 6.07 Å². The number of nitrogens with zero attached hydrogens (tertiary/aromatic N) is 4. The second-order valence-corrected chi connectivity index (χ2v) is 4.94. The van der Waals surface area contributed by atoms with Gasteiger partial charge in [-0.3, -0.25) is 9.97 Å². The van der Waals surface area contributed by atoms with Crippen molar-refractivity contribution in [3.63, 3.8) is 0 Å². The molecule has 3 aromatic heterocycles. The third-order valence-corrected chi connectivity index (χ3v) is 3.45. The molecule has 19 heavy (non-hydrogen) atoms. The summed E-state index contributed by atoms with van der Waals surface area (Å²) in [6, 6.07) is 5.76. The zero-order valence-electron chi connectivity index (χ0n) is 9.99. The third-order valence-electron chi connectivity index (χ3n) is 2.87. The highest BCUT2D eigenvalue weighted by Gasteiger charge is 2.13. The van der Waals surface area contributed by atoms with E-state index in [1.54, 1.807) is 18.6 Å². The normalized spacial score (nSPS) is 11.1. The molecule has 0 amide bonds. The van der Waals surface area contributed by atoms with Crippen LogP contribution in [-0.4, -0.2) is 24.6 Å². The van der Waals surface area contributed by atoms with Crippen molar-refractivity contribution in [2.45, 2.75) is 13.2 Å². The molecule has 0 bridgehead atoms. The lowest BCUT2D eigenvalue weighted by atomic mass is 10.3. The average Bonchev–Trinajstić information content (AvgIpc) is 2.79. The number of fused-ring (bicyclic) bond motifs is 1. The average molecular weight is 319 g/mol. The minimum Gasteiger partial charge on any atom is -0.388 e. The minimum absolute atomic E-state index is 0.117. The lowest BCUT2D eigenvalue weighted by molar-refractivity contribution is 0.267. The van der Waals surface area contributed by atoms with Gasteiger partial charge in [-0.15, -0.1) is 0 Å². The Kier molecular flexibility index (Phi) is 3.27. The molecule has 6 heteroatoms. The Morgan fingerprint density at radius 1 is 1.26 bits per heavy atom. The summed E-state index contributed by atoms with van der Waals surface area (Å²) in [7, 11) is 0.